The molecule has 1 aliphatic rings. The highest BCUT2D eigenvalue weighted by Crippen LogP contribution is 2.27. The Labute approximate surface area is 167 Å². The molecule has 1 unspecified atom stereocenters. The van der Waals surface area contributed by atoms with Gasteiger partial charge in [0.25, 0.3) is 0 Å². The van der Waals surface area contributed by atoms with Crippen molar-refractivity contribution in [1.29, 1.82) is 0 Å². The maximum Gasteiger partial charge on any atom is 0.218 e. The predicted octanol–water partition coefficient (Wildman–Crippen LogP) is 3.06. The fraction of sp³-hybridized carbons (Fsp3) is 0.455. The number of likely N-dealkylation sites (tertiary alicyclic amines) is 1. The van der Waals surface area contributed by atoms with Crippen LogP contribution < -0.4 is 10.1 Å². The van der Waals surface area contributed by atoms with Gasteiger partial charge < -0.3 is 19.7 Å². The summed E-state index contributed by atoms with van der Waals surface area (Å²) < 4.78 is 10.8. The molecule has 28 heavy (non-hydrogen) atoms. The number of nitrogens with one attached hydrogen (secondary N) is 1. The van der Waals surface area contributed by atoms with E-state index in [0.717, 1.165) is 37.6 Å². The van der Waals surface area contributed by atoms with Gasteiger partial charge in [0, 0.05) is 44.4 Å². The predicted molar refractivity (Wildman–Crippen MR) is 112 cm³/mol. The van der Waals surface area contributed by atoms with E-state index >= 15 is 0 Å². The molecule has 0 bridgehead atoms. The third-order valence-electron chi connectivity index (χ3n) is 4.87. The minimum Gasteiger partial charge on any atom is -0.475 e. The molecule has 1 N–H and O–H groups in total. The van der Waals surface area contributed by atoms with E-state index < -0.39 is 0 Å². The van der Waals surface area contributed by atoms with Gasteiger partial charge in [-0.25, -0.2) is 9.98 Å². The number of rotatable bonds is 8. The zero-order valence-electron chi connectivity index (χ0n) is 16.8. The molecule has 0 aliphatic carbocycles. The first-order valence-corrected chi connectivity index (χ1v) is 9.95. The quantitative estimate of drug-likeness (QED) is 0.432. The number of guanidine groups is 1. The minimum absolute atomic E-state index is 0.481. The normalized spacial score (nSPS) is 17.0. The number of aromatic nitrogens is 1. The lowest BCUT2D eigenvalue weighted by molar-refractivity contribution is 0.143. The van der Waals surface area contributed by atoms with E-state index in [1.807, 2.05) is 12.1 Å². The Balaban J connectivity index is 1.67. The highest BCUT2D eigenvalue weighted by molar-refractivity contribution is 5.80. The van der Waals surface area contributed by atoms with E-state index in [-0.39, 0.29) is 0 Å². The van der Waals surface area contributed by atoms with Crippen LogP contribution in [0, 0.1) is 0 Å². The maximum atomic E-state index is 5.73. The molecule has 3 rings (SSSR count). The van der Waals surface area contributed by atoms with Gasteiger partial charge in [-0.15, -0.1) is 0 Å². The zero-order chi connectivity index (χ0) is 19.6. The van der Waals surface area contributed by atoms with Crippen LogP contribution in [0.1, 0.15) is 30.4 Å². The Morgan fingerprint density at radius 1 is 1.21 bits per heavy atom. The summed E-state index contributed by atoms with van der Waals surface area (Å²) in [5.41, 5.74) is 2.38. The topological polar surface area (TPSA) is 59.0 Å². The van der Waals surface area contributed by atoms with E-state index in [1.54, 1.807) is 13.3 Å². The molecular weight excluding hydrogens is 352 g/mol. The van der Waals surface area contributed by atoms with Crippen molar-refractivity contribution in [3.05, 3.63) is 59.8 Å². The molecule has 6 nitrogen and oxygen atoms in total. The lowest BCUT2D eigenvalue weighted by Crippen LogP contribution is -2.40. The average Bonchev–Trinajstić information content (AvgIpc) is 3.23. The lowest BCUT2D eigenvalue weighted by Gasteiger charge is -2.22. The second kappa shape index (κ2) is 10.7. The van der Waals surface area contributed by atoms with Crippen LogP contribution in [0.5, 0.6) is 5.88 Å². The van der Waals surface area contributed by atoms with Gasteiger partial charge in [0.1, 0.15) is 6.61 Å². The summed E-state index contributed by atoms with van der Waals surface area (Å²) in [5, 5.41) is 3.43. The van der Waals surface area contributed by atoms with Crippen molar-refractivity contribution in [2.75, 3.05) is 40.0 Å². The van der Waals surface area contributed by atoms with E-state index in [4.69, 9.17) is 14.5 Å². The molecule has 2 aromatic rings. The van der Waals surface area contributed by atoms with Gasteiger partial charge in [0.05, 0.1) is 13.2 Å². The number of hydrogen-bond acceptors (Lipinski definition) is 4. The fourth-order valence-electron chi connectivity index (χ4n) is 3.43. The molecule has 0 amide bonds. The first-order valence-electron chi connectivity index (χ1n) is 9.95. The Morgan fingerprint density at radius 2 is 2.07 bits per heavy atom. The van der Waals surface area contributed by atoms with Gasteiger partial charge in [0.2, 0.25) is 5.88 Å². The van der Waals surface area contributed by atoms with Gasteiger partial charge in [0.15, 0.2) is 5.96 Å². The molecular formula is C22H30N4O2. The third-order valence-corrected chi connectivity index (χ3v) is 4.87. The highest BCUT2D eigenvalue weighted by atomic mass is 16.5. The number of ether oxygens (including phenoxy) is 2. The number of methoxy groups -OCH3 is 1. The first kappa shape index (κ1) is 20.1. The van der Waals surface area contributed by atoms with Crippen LogP contribution in [0.3, 0.4) is 0 Å². The zero-order valence-corrected chi connectivity index (χ0v) is 16.8. The average molecular weight is 383 g/mol. The lowest BCUT2D eigenvalue weighted by atomic mass is 9.99. The molecule has 1 saturated heterocycles. The standard InChI is InChI=1S/C22H30N4O2/c1-3-23-22(26-13-11-20(17-26)18-8-5-4-6-9-18)25-16-19-10-7-12-24-21(19)28-15-14-27-2/h4-10,12,20H,3,11,13-17H2,1-2H3,(H,23,25). The van der Waals surface area contributed by atoms with Crippen LogP contribution in [-0.2, 0) is 11.3 Å². The monoisotopic (exact) mass is 382 g/mol. The number of aliphatic imine (C=N–C) groups is 1. The molecule has 2 heterocycles. The van der Waals surface area contributed by atoms with E-state index in [2.05, 4.69) is 52.5 Å². The minimum atomic E-state index is 0.481. The van der Waals surface area contributed by atoms with Gasteiger partial charge >= 0.3 is 0 Å². The van der Waals surface area contributed by atoms with E-state index in [0.29, 0.717) is 31.6 Å². The van der Waals surface area contributed by atoms with Crippen LogP contribution in [0.4, 0.5) is 0 Å². The smallest absolute Gasteiger partial charge is 0.218 e. The van der Waals surface area contributed by atoms with Crippen molar-refractivity contribution in [2.45, 2.75) is 25.8 Å². The van der Waals surface area contributed by atoms with Crippen LogP contribution in [0.2, 0.25) is 0 Å². The summed E-state index contributed by atoms with van der Waals surface area (Å²) in [4.78, 5) is 11.6. The molecule has 1 aromatic carbocycles. The largest absolute Gasteiger partial charge is 0.475 e. The Kier molecular flexibility index (Phi) is 7.67. The summed E-state index contributed by atoms with van der Waals surface area (Å²) in [6, 6.07) is 14.7. The molecule has 1 fully saturated rings. The fourth-order valence-corrected chi connectivity index (χ4v) is 3.43. The summed E-state index contributed by atoms with van der Waals surface area (Å²) in [6.45, 7) is 6.49. The van der Waals surface area contributed by atoms with Crippen LogP contribution in [0.15, 0.2) is 53.7 Å². The molecule has 1 aliphatic heterocycles. The summed E-state index contributed by atoms with van der Waals surface area (Å²) in [7, 11) is 1.66. The van der Waals surface area contributed by atoms with Gasteiger partial charge in [-0.1, -0.05) is 36.4 Å². The second-order valence-corrected chi connectivity index (χ2v) is 6.82. The van der Waals surface area contributed by atoms with Crippen molar-refractivity contribution in [2.24, 2.45) is 4.99 Å². The number of benzene rings is 1. The van der Waals surface area contributed by atoms with Gasteiger partial charge in [-0.3, -0.25) is 0 Å². The van der Waals surface area contributed by atoms with Crippen LogP contribution in [0.25, 0.3) is 0 Å². The van der Waals surface area contributed by atoms with Crippen LogP contribution in [-0.4, -0.2) is 55.8 Å². The van der Waals surface area contributed by atoms with Crippen molar-refractivity contribution in [3.8, 4) is 5.88 Å². The van der Waals surface area contributed by atoms with Crippen molar-refractivity contribution in [1.82, 2.24) is 15.2 Å². The van der Waals surface area contributed by atoms with Crippen LogP contribution >= 0.6 is 0 Å². The molecule has 1 atom stereocenters. The van der Waals surface area contributed by atoms with Crippen molar-refractivity contribution in [3.63, 3.8) is 0 Å². The SMILES string of the molecule is CCNC(=NCc1cccnc1OCCOC)N1CCC(c2ccccc2)C1. The Hall–Kier alpha value is -2.60. The van der Waals surface area contributed by atoms with Crippen molar-refractivity contribution >= 4 is 5.96 Å². The summed E-state index contributed by atoms with van der Waals surface area (Å²) in [6.07, 6.45) is 2.89. The van der Waals surface area contributed by atoms with Crippen molar-refractivity contribution < 1.29 is 9.47 Å². The first-order chi connectivity index (χ1) is 13.8. The Morgan fingerprint density at radius 3 is 2.86 bits per heavy atom. The molecule has 0 radical (unpaired) electrons. The molecule has 150 valence electrons. The molecule has 0 spiro atoms. The van der Waals surface area contributed by atoms with Gasteiger partial charge in [-0.05, 0) is 25.0 Å². The Bertz CT molecular complexity index is 751. The highest BCUT2D eigenvalue weighted by Gasteiger charge is 2.25. The summed E-state index contributed by atoms with van der Waals surface area (Å²) >= 11 is 0. The summed E-state index contributed by atoms with van der Waals surface area (Å²) in [5.74, 6) is 2.13. The molecule has 1 aromatic heterocycles. The van der Waals surface area contributed by atoms with E-state index in [1.165, 1.54) is 5.56 Å². The maximum absolute atomic E-state index is 5.73. The number of hydrogen-bond donors (Lipinski definition) is 1. The third kappa shape index (κ3) is 5.45. The van der Waals surface area contributed by atoms with Gasteiger partial charge in [-0.2, -0.15) is 0 Å². The number of nitrogens with zero attached hydrogens (tertiary/aromatic N) is 3. The number of pyridine rings is 1. The molecule has 0 saturated carbocycles. The van der Waals surface area contributed by atoms with E-state index in [9.17, 15) is 0 Å². The molecule has 6 heteroatoms. The second-order valence-electron chi connectivity index (χ2n) is 6.82.